The molecule has 0 aliphatic carbocycles. The SMILES string of the molecule is CCCOc1cc(C=C2SC(=S)N(CCCOC)C2=O)ccc1OC. The average molecular weight is 382 g/mol. The molecule has 1 saturated heterocycles. The van der Waals surface area contributed by atoms with Crippen LogP contribution in [0.5, 0.6) is 11.5 Å². The molecule has 0 bridgehead atoms. The molecule has 0 spiro atoms. The number of carbonyl (C=O) groups excluding carboxylic acids is 1. The number of amides is 1. The van der Waals surface area contributed by atoms with Gasteiger partial charge in [0, 0.05) is 20.3 Å². The first kappa shape index (κ1) is 19.8. The number of nitrogens with zero attached hydrogens (tertiary/aromatic N) is 1. The lowest BCUT2D eigenvalue weighted by Gasteiger charge is -2.13. The molecule has 25 heavy (non-hydrogen) atoms. The molecule has 0 radical (unpaired) electrons. The molecule has 0 N–H and O–H groups in total. The summed E-state index contributed by atoms with van der Waals surface area (Å²) in [6.07, 6.45) is 3.51. The number of benzene rings is 1. The Morgan fingerprint density at radius 1 is 1.24 bits per heavy atom. The zero-order chi connectivity index (χ0) is 18.2. The topological polar surface area (TPSA) is 48.0 Å². The summed E-state index contributed by atoms with van der Waals surface area (Å²) in [5, 5.41) is 0. The van der Waals surface area contributed by atoms with Gasteiger partial charge in [-0.15, -0.1) is 0 Å². The van der Waals surface area contributed by atoms with E-state index in [2.05, 4.69) is 0 Å². The predicted molar refractivity (Wildman–Crippen MR) is 105 cm³/mol. The number of rotatable bonds is 9. The van der Waals surface area contributed by atoms with E-state index in [-0.39, 0.29) is 5.91 Å². The maximum Gasteiger partial charge on any atom is 0.266 e. The van der Waals surface area contributed by atoms with E-state index in [1.165, 1.54) is 11.8 Å². The zero-order valence-corrected chi connectivity index (χ0v) is 16.4. The van der Waals surface area contributed by atoms with Gasteiger partial charge in [0.05, 0.1) is 18.6 Å². The van der Waals surface area contributed by atoms with Crippen LogP contribution in [0.4, 0.5) is 0 Å². The first-order valence-electron chi connectivity index (χ1n) is 8.15. The Balaban J connectivity index is 2.16. The second-order valence-corrected chi connectivity index (χ2v) is 7.11. The smallest absolute Gasteiger partial charge is 0.266 e. The Kier molecular flexibility index (Phi) is 7.74. The van der Waals surface area contributed by atoms with Gasteiger partial charge in [0.15, 0.2) is 11.5 Å². The highest BCUT2D eigenvalue weighted by atomic mass is 32.2. The van der Waals surface area contributed by atoms with Crippen molar-refractivity contribution in [3.63, 3.8) is 0 Å². The number of thiocarbonyl (C=S) groups is 1. The summed E-state index contributed by atoms with van der Waals surface area (Å²) in [7, 11) is 3.25. The van der Waals surface area contributed by atoms with Crippen LogP contribution in [0.15, 0.2) is 23.1 Å². The third-order valence-corrected chi connectivity index (χ3v) is 4.93. The molecule has 0 saturated carbocycles. The number of carbonyl (C=O) groups is 1. The molecule has 7 heteroatoms. The van der Waals surface area contributed by atoms with E-state index in [1.54, 1.807) is 19.1 Å². The van der Waals surface area contributed by atoms with E-state index in [4.69, 9.17) is 26.4 Å². The third-order valence-electron chi connectivity index (χ3n) is 3.55. The Labute approximate surface area is 158 Å². The molecule has 0 atom stereocenters. The zero-order valence-electron chi connectivity index (χ0n) is 14.7. The van der Waals surface area contributed by atoms with Crippen LogP contribution in [0.3, 0.4) is 0 Å². The van der Waals surface area contributed by atoms with Crippen molar-refractivity contribution in [2.45, 2.75) is 19.8 Å². The van der Waals surface area contributed by atoms with Crippen LogP contribution in [0.2, 0.25) is 0 Å². The predicted octanol–water partition coefficient (Wildman–Crippen LogP) is 3.72. The minimum atomic E-state index is -0.0575. The van der Waals surface area contributed by atoms with E-state index in [0.717, 1.165) is 18.4 Å². The fourth-order valence-corrected chi connectivity index (χ4v) is 3.63. The molecule has 2 rings (SSSR count). The summed E-state index contributed by atoms with van der Waals surface area (Å²) in [4.78, 5) is 14.8. The van der Waals surface area contributed by atoms with Gasteiger partial charge >= 0.3 is 0 Å². The van der Waals surface area contributed by atoms with Gasteiger partial charge in [-0.2, -0.15) is 0 Å². The molecule has 1 aliphatic heterocycles. The Hall–Kier alpha value is -1.57. The Bertz CT molecular complexity index is 660. The van der Waals surface area contributed by atoms with E-state index < -0.39 is 0 Å². The van der Waals surface area contributed by atoms with Crippen molar-refractivity contribution in [1.29, 1.82) is 0 Å². The summed E-state index contributed by atoms with van der Waals surface area (Å²) >= 11 is 6.65. The van der Waals surface area contributed by atoms with Crippen LogP contribution in [-0.4, -0.2) is 49.1 Å². The summed E-state index contributed by atoms with van der Waals surface area (Å²) in [6.45, 7) is 3.84. The monoisotopic (exact) mass is 381 g/mol. The molecule has 1 heterocycles. The van der Waals surface area contributed by atoms with Gasteiger partial charge in [-0.3, -0.25) is 9.69 Å². The molecule has 0 aromatic heterocycles. The van der Waals surface area contributed by atoms with E-state index >= 15 is 0 Å². The second-order valence-electron chi connectivity index (χ2n) is 5.44. The normalized spacial score (nSPS) is 16.0. The van der Waals surface area contributed by atoms with Gasteiger partial charge in [-0.1, -0.05) is 37.0 Å². The van der Waals surface area contributed by atoms with E-state index in [0.29, 0.717) is 40.5 Å². The van der Waals surface area contributed by atoms with Crippen molar-refractivity contribution in [1.82, 2.24) is 4.90 Å². The molecular formula is C18H23NO4S2. The summed E-state index contributed by atoms with van der Waals surface area (Å²) < 4.78 is 16.7. The number of hydrogen-bond acceptors (Lipinski definition) is 6. The van der Waals surface area contributed by atoms with Crippen molar-refractivity contribution < 1.29 is 19.0 Å². The minimum Gasteiger partial charge on any atom is -0.493 e. The molecule has 1 aromatic rings. The second kappa shape index (κ2) is 9.79. The fraction of sp³-hybridized carbons (Fsp3) is 0.444. The van der Waals surface area contributed by atoms with Crippen molar-refractivity contribution >= 4 is 40.3 Å². The quantitative estimate of drug-likeness (QED) is 0.369. The summed E-state index contributed by atoms with van der Waals surface area (Å²) in [6, 6.07) is 5.62. The van der Waals surface area contributed by atoms with Gasteiger partial charge in [-0.25, -0.2) is 0 Å². The van der Waals surface area contributed by atoms with E-state index in [9.17, 15) is 4.79 Å². The van der Waals surface area contributed by atoms with Gasteiger partial charge in [0.1, 0.15) is 4.32 Å². The largest absolute Gasteiger partial charge is 0.493 e. The molecule has 1 amide bonds. The van der Waals surface area contributed by atoms with Crippen molar-refractivity contribution in [3.05, 3.63) is 28.7 Å². The third kappa shape index (κ3) is 5.20. The molecule has 1 fully saturated rings. The number of ether oxygens (including phenoxy) is 3. The highest BCUT2D eigenvalue weighted by molar-refractivity contribution is 8.26. The average Bonchev–Trinajstić information content (AvgIpc) is 2.87. The molecular weight excluding hydrogens is 358 g/mol. The van der Waals surface area contributed by atoms with Gasteiger partial charge in [0.25, 0.3) is 5.91 Å². The van der Waals surface area contributed by atoms with Crippen molar-refractivity contribution in [2.75, 3.05) is 34.0 Å². The van der Waals surface area contributed by atoms with Gasteiger partial charge < -0.3 is 14.2 Å². The van der Waals surface area contributed by atoms with Crippen molar-refractivity contribution in [2.24, 2.45) is 0 Å². The lowest BCUT2D eigenvalue weighted by Crippen LogP contribution is -2.29. The first-order chi connectivity index (χ1) is 12.1. The lowest BCUT2D eigenvalue weighted by atomic mass is 10.2. The van der Waals surface area contributed by atoms with Crippen LogP contribution in [0.25, 0.3) is 6.08 Å². The maximum atomic E-state index is 12.5. The Morgan fingerprint density at radius 2 is 2.04 bits per heavy atom. The van der Waals surface area contributed by atoms with Crippen LogP contribution in [0, 0.1) is 0 Å². The summed E-state index contributed by atoms with van der Waals surface area (Å²) in [5.41, 5.74) is 0.879. The highest BCUT2D eigenvalue weighted by Gasteiger charge is 2.31. The fourth-order valence-electron chi connectivity index (χ4n) is 2.32. The number of hydrogen-bond donors (Lipinski definition) is 0. The van der Waals surface area contributed by atoms with Gasteiger partial charge in [0.2, 0.25) is 0 Å². The van der Waals surface area contributed by atoms with Crippen LogP contribution in [0.1, 0.15) is 25.3 Å². The molecule has 1 aromatic carbocycles. The molecule has 5 nitrogen and oxygen atoms in total. The molecule has 0 unspecified atom stereocenters. The minimum absolute atomic E-state index is 0.0575. The van der Waals surface area contributed by atoms with Crippen molar-refractivity contribution in [3.8, 4) is 11.5 Å². The van der Waals surface area contributed by atoms with Crippen LogP contribution >= 0.6 is 24.0 Å². The maximum absolute atomic E-state index is 12.5. The standard InChI is InChI=1S/C18H23NO4S2/c1-4-9-23-15-11-13(6-7-14(15)22-3)12-16-17(20)19(18(24)25-16)8-5-10-21-2/h6-7,11-12H,4-5,8-10H2,1-3H3. The Morgan fingerprint density at radius 3 is 2.72 bits per heavy atom. The number of thioether (sulfide) groups is 1. The van der Waals surface area contributed by atoms with Crippen LogP contribution in [-0.2, 0) is 9.53 Å². The first-order valence-corrected chi connectivity index (χ1v) is 9.38. The number of methoxy groups -OCH3 is 2. The van der Waals surface area contributed by atoms with Crippen LogP contribution < -0.4 is 9.47 Å². The van der Waals surface area contributed by atoms with Gasteiger partial charge in [-0.05, 0) is 36.6 Å². The molecule has 136 valence electrons. The van der Waals surface area contributed by atoms with E-state index in [1.807, 2.05) is 31.2 Å². The molecule has 1 aliphatic rings. The highest BCUT2D eigenvalue weighted by Crippen LogP contribution is 2.34. The summed E-state index contributed by atoms with van der Waals surface area (Å²) in [5.74, 6) is 1.30. The lowest BCUT2D eigenvalue weighted by molar-refractivity contribution is -0.122.